The van der Waals surface area contributed by atoms with Gasteiger partial charge >= 0.3 is 6.18 Å². The fourth-order valence-electron chi connectivity index (χ4n) is 3.48. The number of methoxy groups -OCH3 is 1. The zero-order valence-corrected chi connectivity index (χ0v) is 21.8. The predicted molar refractivity (Wildman–Crippen MR) is 137 cm³/mol. The van der Waals surface area contributed by atoms with Crippen LogP contribution in [-0.2, 0) is 6.18 Å². The van der Waals surface area contributed by atoms with Crippen molar-refractivity contribution in [3.8, 4) is 28.8 Å². The number of carbonyl (C=O) groups excluding carboxylic acids is 1. The fraction of sp³-hybridized carbons (Fsp3) is 0.321. The lowest BCUT2D eigenvalue weighted by Crippen LogP contribution is -2.11. The average molecular weight is 529 g/mol. The third-order valence-electron chi connectivity index (χ3n) is 5.58. The summed E-state index contributed by atoms with van der Waals surface area (Å²) in [6.07, 6.45) is -3.89. The van der Waals surface area contributed by atoms with Crippen molar-refractivity contribution in [2.24, 2.45) is 5.92 Å². The number of carbonyl (C=O) groups is 1. The van der Waals surface area contributed by atoms with Crippen LogP contribution in [0, 0.1) is 24.2 Å². The highest BCUT2D eigenvalue weighted by Gasteiger charge is 2.36. The minimum Gasteiger partial charge on any atom is -0.497 e. The Kier molecular flexibility index (Phi) is 9.22. The van der Waals surface area contributed by atoms with Crippen LogP contribution in [-0.4, -0.2) is 30.2 Å². The maximum atomic E-state index is 13.9. The van der Waals surface area contributed by atoms with Crippen molar-refractivity contribution < 1.29 is 27.4 Å². The number of ketones is 1. The summed E-state index contributed by atoms with van der Waals surface area (Å²) in [5.74, 6) is 1.21. The van der Waals surface area contributed by atoms with Gasteiger partial charge in [-0.25, -0.2) is 4.98 Å². The molecule has 0 unspecified atom stereocenters. The molecule has 0 amide bonds. The number of pyridine rings is 1. The lowest BCUT2D eigenvalue weighted by molar-refractivity contribution is -0.138. The number of aryl methyl sites for hydroxylation is 1. The molecule has 0 fully saturated rings. The van der Waals surface area contributed by atoms with Crippen LogP contribution in [0.4, 0.5) is 13.2 Å². The molecule has 0 aliphatic carbocycles. The first-order valence-corrected chi connectivity index (χ1v) is 12.6. The standard InChI is InChI=1S/C28H27F3N2O3S/c1-17(2)11-12-36-26-10-7-20(13-18(26)3)24-14-23(28(29,30)31)22(15-32)27(33-24)37-16-25(34)19-5-8-21(35-4)9-6-19/h5-10,13-14,17H,11-12,16H2,1-4H3. The Hall–Kier alpha value is -3.51. The molecule has 0 radical (unpaired) electrons. The van der Waals surface area contributed by atoms with E-state index in [1.807, 2.05) is 6.92 Å². The smallest absolute Gasteiger partial charge is 0.417 e. The van der Waals surface area contributed by atoms with Crippen LogP contribution < -0.4 is 9.47 Å². The van der Waals surface area contributed by atoms with Gasteiger partial charge in [0.15, 0.2) is 5.78 Å². The van der Waals surface area contributed by atoms with Gasteiger partial charge in [0.1, 0.15) is 22.6 Å². The van der Waals surface area contributed by atoms with Crippen LogP contribution in [0.25, 0.3) is 11.3 Å². The number of rotatable bonds is 10. The van der Waals surface area contributed by atoms with E-state index in [9.17, 15) is 23.2 Å². The fourth-order valence-corrected chi connectivity index (χ4v) is 4.37. The molecule has 0 aliphatic rings. The van der Waals surface area contributed by atoms with Crippen molar-refractivity contribution in [1.82, 2.24) is 4.98 Å². The number of hydrogen-bond donors (Lipinski definition) is 0. The van der Waals surface area contributed by atoms with E-state index in [0.717, 1.165) is 29.8 Å². The molecule has 0 N–H and O–H groups in total. The molecule has 9 heteroatoms. The van der Waals surface area contributed by atoms with Gasteiger partial charge in [0, 0.05) is 11.1 Å². The molecule has 0 bridgehead atoms. The molecule has 0 saturated carbocycles. The van der Waals surface area contributed by atoms with Gasteiger partial charge in [-0.2, -0.15) is 18.4 Å². The summed E-state index contributed by atoms with van der Waals surface area (Å²) in [4.78, 5) is 17.0. The number of hydrogen-bond acceptors (Lipinski definition) is 6. The highest BCUT2D eigenvalue weighted by molar-refractivity contribution is 8.00. The first kappa shape index (κ1) is 28.1. The van der Waals surface area contributed by atoms with Gasteiger partial charge in [0.2, 0.25) is 0 Å². The van der Waals surface area contributed by atoms with Crippen LogP contribution >= 0.6 is 11.8 Å². The summed E-state index contributed by atoms with van der Waals surface area (Å²) in [7, 11) is 1.50. The molecule has 3 aromatic rings. The molecule has 1 aromatic heterocycles. The minimum atomic E-state index is -4.77. The molecule has 0 aliphatic heterocycles. The maximum Gasteiger partial charge on any atom is 0.417 e. The van der Waals surface area contributed by atoms with Gasteiger partial charge in [-0.1, -0.05) is 25.6 Å². The molecule has 2 aromatic carbocycles. The number of aromatic nitrogens is 1. The Labute approximate surface area is 218 Å². The second kappa shape index (κ2) is 12.2. The molecule has 3 rings (SSSR count). The van der Waals surface area contributed by atoms with E-state index in [0.29, 0.717) is 35.2 Å². The van der Waals surface area contributed by atoms with Gasteiger partial charge in [-0.3, -0.25) is 4.79 Å². The van der Waals surface area contributed by atoms with E-state index >= 15 is 0 Å². The number of nitrogens with zero attached hydrogens (tertiary/aromatic N) is 2. The zero-order valence-electron chi connectivity index (χ0n) is 21.0. The number of thioether (sulfide) groups is 1. The van der Waals surface area contributed by atoms with Crippen LogP contribution in [0.15, 0.2) is 53.6 Å². The van der Waals surface area contributed by atoms with Gasteiger partial charge in [0.25, 0.3) is 0 Å². The Morgan fingerprint density at radius 1 is 1.14 bits per heavy atom. The van der Waals surface area contributed by atoms with Crippen LogP contribution in [0.3, 0.4) is 0 Å². The summed E-state index contributed by atoms with van der Waals surface area (Å²) in [5, 5.41) is 9.40. The number of Topliss-reactive ketones (excluding diaryl/α,β-unsaturated/α-hetero) is 1. The average Bonchev–Trinajstić information content (AvgIpc) is 2.86. The van der Waals surface area contributed by atoms with E-state index in [4.69, 9.17) is 9.47 Å². The Balaban J connectivity index is 1.93. The van der Waals surface area contributed by atoms with Crippen molar-refractivity contribution in [3.63, 3.8) is 0 Å². The third-order valence-corrected chi connectivity index (χ3v) is 6.55. The van der Waals surface area contributed by atoms with Crippen LogP contribution in [0.2, 0.25) is 0 Å². The first-order valence-electron chi connectivity index (χ1n) is 11.6. The Morgan fingerprint density at radius 2 is 1.84 bits per heavy atom. The van der Waals surface area contributed by atoms with E-state index in [2.05, 4.69) is 18.8 Å². The molecular formula is C28H27F3N2O3S. The Morgan fingerprint density at radius 3 is 2.41 bits per heavy atom. The van der Waals surface area contributed by atoms with E-state index in [1.54, 1.807) is 48.5 Å². The van der Waals surface area contributed by atoms with Crippen molar-refractivity contribution >= 4 is 17.5 Å². The molecular weight excluding hydrogens is 501 g/mol. The lowest BCUT2D eigenvalue weighted by Gasteiger charge is -2.15. The topological polar surface area (TPSA) is 72.2 Å². The van der Waals surface area contributed by atoms with Gasteiger partial charge in [-0.15, -0.1) is 0 Å². The SMILES string of the molecule is COc1ccc(C(=O)CSc2nc(-c3ccc(OCCC(C)C)c(C)c3)cc(C(F)(F)F)c2C#N)cc1. The summed E-state index contributed by atoms with van der Waals surface area (Å²) >= 11 is 0.806. The van der Waals surface area contributed by atoms with E-state index in [-0.39, 0.29) is 22.3 Å². The predicted octanol–water partition coefficient (Wildman–Crippen LogP) is 7.36. The van der Waals surface area contributed by atoms with Gasteiger partial charge in [-0.05, 0) is 73.4 Å². The largest absolute Gasteiger partial charge is 0.497 e. The van der Waals surface area contributed by atoms with Crippen molar-refractivity contribution in [2.75, 3.05) is 19.5 Å². The van der Waals surface area contributed by atoms with Gasteiger partial charge in [0.05, 0.1) is 36.3 Å². The van der Waals surface area contributed by atoms with Gasteiger partial charge < -0.3 is 9.47 Å². The minimum absolute atomic E-state index is 0.0579. The van der Waals surface area contributed by atoms with Crippen molar-refractivity contribution in [3.05, 3.63) is 70.8 Å². The monoisotopic (exact) mass is 528 g/mol. The molecule has 1 heterocycles. The van der Waals surface area contributed by atoms with E-state index < -0.39 is 17.3 Å². The lowest BCUT2D eigenvalue weighted by atomic mass is 10.0. The quantitative estimate of drug-likeness (QED) is 0.202. The second-order valence-electron chi connectivity index (χ2n) is 8.80. The normalized spacial score (nSPS) is 11.3. The van der Waals surface area contributed by atoms with Crippen LogP contribution in [0.1, 0.15) is 47.3 Å². The third kappa shape index (κ3) is 7.26. The Bertz CT molecular complexity index is 1300. The van der Waals surface area contributed by atoms with Crippen molar-refractivity contribution in [2.45, 2.75) is 38.4 Å². The van der Waals surface area contributed by atoms with Crippen molar-refractivity contribution in [1.29, 1.82) is 5.26 Å². The second-order valence-corrected chi connectivity index (χ2v) is 9.76. The summed E-state index contributed by atoms with van der Waals surface area (Å²) in [5.41, 5.74) is -0.0504. The number of ether oxygens (including phenoxy) is 2. The summed E-state index contributed by atoms with van der Waals surface area (Å²) in [6.45, 7) is 6.53. The molecule has 0 spiro atoms. The molecule has 0 atom stereocenters. The number of benzene rings is 2. The highest BCUT2D eigenvalue weighted by atomic mass is 32.2. The zero-order chi connectivity index (χ0) is 27.2. The van der Waals surface area contributed by atoms with E-state index in [1.165, 1.54) is 7.11 Å². The maximum absolute atomic E-state index is 13.9. The summed E-state index contributed by atoms with van der Waals surface area (Å²) < 4.78 is 52.6. The summed E-state index contributed by atoms with van der Waals surface area (Å²) in [6, 6.07) is 14.0. The number of halogens is 3. The number of nitriles is 1. The molecule has 0 saturated heterocycles. The molecule has 194 valence electrons. The molecule has 5 nitrogen and oxygen atoms in total. The highest BCUT2D eigenvalue weighted by Crippen LogP contribution is 2.38. The molecule has 37 heavy (non-hydrogen) atoms. The first-order chi connectivity index (χ1) is 17.5. The van der Waals surface area contributed by atoms with Crippen LogP contribution in [0.5, 0.6) is 11.5 Å². The number of alkyl halides is 3.